The lowest BCUT2D eigenvalue weighted by Crippen LogP contribution is -2.01. The Labute approximate surface area is 119 Å². The molecule has 0 saturated heterocycles. The molecule has 0 spiro atoms. The molecule has 2 rings (SSSR count). The highest BCUT2D eigenvalue weighted by molar-refractivity contribution is 9.10. The van der Waals surface area contributed by atoms with E-state index in [0.717, 1.165) is 22.5 Å². The predicted octanol–water partition coefficient (Wildman–Crippen LogP) is 4.07. The smallest absolute Gasteiger partial charge is 0.135 e. The van der Waals surface area contributed by atoms with Gasteiger partial charge in [0.2, 0.25) is 0 Å². The molecule has 6 heteroatoms. The number of nitrogens with zero attached hydrogens (tertiary/aromatic N) is 2. The first kappa shape index (κ1) is 13.1. The van der Waals surface area contributed by atoms with Crippen LogP contribution in [0.1, 0.15) is 6.92 Å². The van der Waals surface area contributed by atoms with Gasteiger partial charge < -0.3 is 10.6 Å². The maximum atomic E-state index is 6.13. The van der Waals surface area contributed by atoms with Crippen molar-refractivity contribution >= 4 is 44.9 Å². The minimum atomic E-state index is 0.632. The second-order valence-corrected chi connectivity index (χ2v) is 4.89. The van der Waals surface area contributed by atoms with Gasteiger partial charge in [-0.3, -0.25) is 0 Å². The minimum absolute atomic E-state index is 0.632. The Kier molecular flexibility index (Phi) is 4.38. The van der Waals surface area contributed by atoms with Crippen molar-refractivity contribution in [3.63, 3.8) is 0 Å². The van der Waals surface area contributed by atoms with Crippen LogP contribution >= 0.6 is 27.5 Å². The molecule has 0 unspecified atom stereocenters. The van der Waals surface area contributed by atoms with Gasteiger partial charge in [0.1, 0.15) is 18.0 Å². The SMILES string of the molecule is CCNc1cc(Nc2ccc(Br)cc2Cl)ncn1. The Hall–Kier alpha value is -1.33. The van der Waals surface area contributed by atoms with Gasteiger partial charge in [0, 0.05) is 17.1 Å². The highest BCUT2D eigenvalue weighted by Crippen LogP contribution is 2.28. The number of hydrogen-bond donors (Lipinski definition) is 2. The number of aromatic nitrogens is 2. The second-order valence-electron chi connectivity index (χ2n) is 3.57. The Morgan fingerprint density at radius 2 is 2.00 bits per heavy atom. The van der Waals surface area contributed by atoms with Crippen molar-refractivity contribution in [2.45, 2.75) is 6.92 Å². The lowest BCUT2D eigenvalue weighted by molar-refractivity contribution is 1.11. The molecule has 0 aliphatic rings. The number of anilines is 3. The number of benzene rings is 1. The summed E-state index contributed by atoms with van der Waals surface area (Å²) in [6.07, 6.45) is 1.51. The molecule has 0 bridgehead atoms. The van der Waals surface area contributed by atoms with Gasteiger partial charge in [-0.2, -0.15) is 0 Å². The molecule has 0 aliphatic carbocycles. The van der Waals surface area contributed by atoms with Crippen molar-refractivity contribution in [1.82, 2.24) is 9.97 Å². The standard InChI is InChI=1S/C12H12BrClN4/c1-2-15-11-6-12(17-7-16-11)18-10-4-3-8(13)5-9(10)14/h3-7H,2H2,1H3,(H2,15,16,17,18). The maximum absolute atomic E-state index is 6.13. The van der Waals surface area contributed by atoms with Crippen LogP contribution in [0.25, 0.3) is 0 Å². The summed E-state index contributed by atoms with van der Waals surface area (Å²) in [5.74, 6) is 1.48. The third-order valence-electron chi connectivity index (χ3n) is 2.22. The van der Waals surface area contributed by atoms with Gasteiger partial charge >= 0.3 is 0 Å². The van der Waals surface area contributed by atoms with E-state index in [0.29, 0.717) is 10.8 Å². The highest BCUT2D eigenvalue weighted by Gasteiger charge is 2.03. The first-order chi connectivity index (χ1) is 8.69. The molecule has 2 N–H and O–H groups in total. The van der Waals surface area contributed by atoms with Gasteiger partial charge in [-0.15, -0.1) is 0 Å². The predicted molar refractivity (Wildman–Crippen MR) is 78.6 cm³/mol. The Bertz CT molecular complexity index is 547. The Balaban J connectivity index is 2.20. The zero-order valence-electron chi connectivity index (χ0n) is 9.74. The summed E-state index contributed by atoms with van der Waals surface area (Å²) in [7, 11) is 0. The highest BCUT2D eigenvalue weighted by atomic mass is 79.9. The summed E-state index contributed by atoms with van der Waals surface area (Å²) in [5, 5.41) is 6.91. The normalized spacial score (nSPS) is 10.2. The Morgan fingerprint density at radius 1 is 1.22 bits per heavy atom. The van der Waals surface area contributed by atoms with Crippen LogP contribution in [0.4, 0.5) is 17.3 Å². The average Bonchev–Trinajstić information content (AvgIpc) is 2.34. The van der Waals surface area contributed by atoms with E-state index in [1.165, 1.54) is 6.33 Å². The Morgan fingerprint density at radius 3 is 2.72 bits per heavy atom. The van der Waals surface area contributed by atoms with E-state index in [2.05, 4.69) is 36.5 Å². The van der Waals surface area contributed by atoms with E-state index in [-0.39, 0.29) is 0 Å². The van der Waals surface area contributed by atoms with Crippen LogP contribution in [0.5, 0.6) is 0 Å². The molecule has 4 nitrogen and oxygen atoms in total. The summed E-state index contributed by atoms with van der Waals surface area (Å²) in [4.78, 5) is 8.25. The molecule has 94 valence electrons. The van der Waals surface area contributed by atoms with Gasteiger partial charge in [0.25, 0.3) is 0 Å². The number of nitrogens with one attached hydrogen (secondary N) is 2. The van der Waals surface area contributed by atoms with Crippen molar-refractivity contribution in [3.8, 4) is 0 Å². The molecule has 0 atom stereocenters. The van der Waals surface area contributed by atoms with Crippen molar-refractivity contribution in [2.75, 3.05) is 17.2 Å². The van der Waals surface area contributed by atoms with Crippen LogP contribution in [0, 0.1) is 0 Å². The maximum Gasteiger partial charge on any atom is 0.135 e. The molecular formula is C12H12BrClN4. The lowest BCUT2D eigenvalue weighted by atomic mass is 10.3. The summed E-state index contributed by atoms with van der Waals surface area (Å²) in [6.45, 7) is 2.83. The minimum Gasteiger partial charge on any atom is -0.370 e. The van der Waals surface area contributed by atoms with Crippen LogP contribution in [0.3, 0.4) is 0 Å². The monoisotopic (exact) mass is 326 g/mol. The average molecular weight is 328 g/mol. The van der Waals surface area contributed by atoms with Crippen molar-refractivity contribution < 1.29 is 0 Å². The van der Waals surface area contributed by atoms with Gasteiger partial charge in [-0.25, -0.2) is 9.97 Å². The molecule has 18 heavy (non-hydrogen) atoms. The van der Waals surface area contributed by atoms with Gasteiger partial charge in [-0.05, 0) is 25.1 Å². The van der Waals surface area contributed by atoms with E-state index in [1.54, 1.807) is 0 Å². The fraction of sp³-hybridized carbons (Fsp3) is 0.167. The van der Waals surface area contributed by atoms with E-state index in [9.17, 15) is 0 Å². The topological polar surface area (TPSA) is 49.8 Å². The number of rotatable bonds is 4. The first-order valence-electron chi connectivity index (χ1n) is 5.47. The quantitative estimate of drug-likeness (QED) is 0.889. The summed E-state index contributed by atoms with van der Waals surface area (Å²) < 4.78 is 0.939. The second kappa shape index (κ2) is 6.02. The first-order valence-corrected chi connectivity index (χ1v) is 6.64. The molecule has 0 amide bonds. The molecule has 0 aliphatic heterocycles. The molecule has 0 radical (unpaired) electrons. The van der Waals surface area contributed by atoms with Crippen LogP contribution < -0.4 is 10.6 Å². The molecule has 2 aromatic rings. The van der Waals surface area contributed by atoms with Crippen LogP contribution in [0.15, 0.2) is 35.1 Å². The summed E-state index contributed by atoms with van der Waals surface area (Å²) in [5.41, 5.74) is 0.806. The van der Waals surface area contributed by atoms with E-state index in [4.69, 9.17) is 11.6 Å². The molecule has 1 aromatic carbocycles. The molecule has 1 aromatic heterocycles. The molecule has 0 saturated carbocycles. The zero-order chi connectivity index (χ0) is 13.0. The van der Waals surface area contributed by atoms with Crippen LogP contribution in [0.2, 0.25) is 5.02 Å². The van der Waals surface area contributed by atoms with Crippen molar-refractivity contribution in [3.05, 3.63) is 40.1 Å². The van der Waals surface area contributed by atoms with Crippen molar-refractivity contribution in [2.24, 2.45) is 0 Å². The van der Waals surface area contributed by atoms with E-state index in [1.807, 2.05) is 31.2 Å². The lowest BCUT2D eigenvalue weighted by Gasteiger charge is -2.09. The summed E-state index contributed by atoms with van der Waals surface area (Å²) in [6, 6.07) is 7.47. The summed E-state index contributed by atoms with van der Waals surface area (Å²) >= 11 is 9.49. The fourth-order valence-corrected chi connectivity index (χ4v) is 2.15. The van der Waals surface area contributed by atoms with Gasteiger partial charge in [0.05, 0.1) is 10.7 Å². The third-order valence-corrected chi connectivity index (χ3v) is 3.02. The largest absolute Gasteiger partial charge is 0.370 e. The zero-order valence-corrected chi connectivity index (χ0v) is 12.1. The fourth-order valence-electron chi connectivity index (χ4n) is 1.43. The van der Waals surface area contributed by atoms with Crippen LogP contribution in [-0.4, -0.2) is 16.5 Å². The van der Waals surface area contributed by atoms with Gasteiger partial charge in [-0.1, -0.05) is 27.5 Å². The van der Waals surface area contributed by atoms with Gasteiger partial charge in [0.15, 0.2) is 0 Å². The van der Waals surface area contributed by atoms with Crippen LogP contribution in [-0.2, 0) is 0 Å². The third kappa shape index (κ3) is 3.34. The molecular weight excluding hydrogens is 316 g/mol. The van der Waals surface area contributed by atoms with E-state index >= 15 is 0 Å². The molecule has 0 fully saturated rings. The number of halogens is 2. The molecule has 1 heterocycles. The number of hydrogen-bond acceptors (Lipinski definition) is 4. The van der Waals surface area contributed by atoms with E-state index < -0.39 is 0 Å². The van der Waals surface area contributed by atoms with Crippen molar-refractivity contribution in [1.29, 1.82) is 0 Å².